The second kappa shape index (κ2) is 4.20. The summed E-state index contributed by atoms with van der Waals surface area (Å²) in [6.07, 6.45) is 5.07. The van der Waals surface area contributed by atoms with Gasteiger partial charge in [0.25, 0.3) is 0 Å². The topological polar surface area (TPSA) is 49.6 Å². The standard InChI is InChI=1S/C11H6BrN3/c12-11-10(7-13)9(3-6-15-11)8-1-4-14-5-2-8/h1-6H. The molecule has 0 aromatic carbocycles. The van der Waals surface area contributed by atoms with Crippen LogP contribution in [0.25, 0.3) is 11.1 Å². The van der Waals surface area contributed by atoms with Crippen molar-refractivity contribution >= 4 is 15.9 Å². The van der Waals surface area contributed by atoms with Crippen LogP contribution in [0.5, 0.6) is 0 Å². The Morgan fingerprint density at radius 2 is 1.87 bits per heavy atom. The van der Waals surface area contributed by atoms with Crippen molar-refractivity contribution in [2.24, 2.45) is 0 Å². The highest BCUT2D eigenvalue weighted by atomic mass is 79.9. The van der Waals surface area contributed by atoms with E-state index in [1.807, 2.05) is 18.2 Å². The van der Waals surface area contributed by atoms with Crippen molar-refractivity contribution in [2.45, 2.75) is 0 Å². The van der Waals surface area contributed by atoms with E-state index in [0.717, 1.165) is 11.1 Å². The fourth-order valence-corrected chi connectivity index (χ4v) is 1.74. The summed E-state index contributed by atoms with van der Waals surface area (Å²) in [4.78, 5) is 7.95. The second-order valence-electron chi connectivity index (χ2n) is 2.87. The zero-order valence-electron chi connectivity index (χ0n) is 7.68. The lowest BCUT2D eigenvalue weighted by atomic mass is 10.0. The average Bonchev–Trinajstić information content (AvgIpc) is 2.30. The quantitative estimate of drug-likeness (QED) is 0.741. The predicted octanol–water partition coefficient (Wildman–Crippen LogP) is 2.78. The first-order valence-electron chi connectivity index (χ1n) is 4.28. The Morgan fingerprint density at radius 1 is 1.13 bits per heavy atom. The maximum atomic E-state index is 9.02. The number of nitriles is 1. The third-order valence-electron chi connectivity index (χ3n) is 2.01. The molecule has 0 N–H and O–H groups in total. The predicted molar refractivity (Wildman–Crippen MR) is 59.9 cm³/mol. The molecule has 0 amide bonds. The molecule has 15 heavy (non-hydrogen) atoms. The normalized spacial score (nSPS) is 9.60. The largest absolute Gasteiger partial charge is 0.265 e. The van der Waals surface area contributed by atoms with Crippen molar-refractivity contribution in [3.63, 3.8) is 0 Å². The molecular formula is C11H6BrN3. The van der Waals surface area contributed by atoms with Gasteiger partial charge in [-0.3, -0.25) is 4.98 Å². The first-order chi connectivity index (χ1) is 7.33. The minimum absolute atomic E-state index is 0.545. The Balaban J connectivity index is 2.65. The Bertz CT molecular complexity index is 517. The average molecular weight is 260 g/mol. The van der Waals surface area contributed by atoms with E-state index in [0.29, 0.717) is 10.2 Å². The van der Waals surface area contributed by atoms with Crippen LogP contribution >= 0.6 is 15.9 Å². The number of hydrogen-bond donors (Lipinski definition) is 0. The lowest BCUT2D eigenvalue weighted by Crippen LogP contribution is -1.88. The van der Waals surface area contributed by atoms with Gasteiger partial charge >= 0.3 is 0 Å². The van der Waals surface area contributed by atoms with Crippen LogP contribution in [-0.2, 0) is 0 Å². The molecule has 0 saturated heterocycles. The van der Waals surface area contributed by atoms with Gasteiger partial charge in [0.15, 0.2) is 0 Å². The summed E-state index contributed by atoms with van der Waals surface area (Å²) in [5, 5.41) is 9.02. The molecule has 0 aliphatic heterocycles. The number of rotatable bonds is 1. The van der Waals surface area contributed by atoms with Gasteiger partial charge < -0.3 is 0 Å². The van der Waals surface area contributed by atoms with Crippen molar-refractivity contribution in [2.75, 3.05) is 0 Å². The molecular weight excluding hydrogens is 254 g/mol. The Hall–Kier alpha value is -1.73. The third-order valence-corrected chi connectivity index (χ3v) is 2.61. The molecule has 2 rings (SSSR count). The molecule has 0 radical (unpaired) electrons. The minimum Gasteiger partial charge on any atom is -0.265 e. The van der Waals surface area contributed by atoms with Gasteiger partial charge in [-0.15, -0.1) is 0 Å². The van der Waals surface area contributed by atoms with E-state index < -0.39 is 0 Å². The van der Waals surface area contributed by atoms with E-state index in [-0.39, 0.29) is 0 Å². The number of pyridine rings is 2. The van der Waals surface area contributed by atoms with E-state index >= 15 is 0 Å². The third kappa shape index (κ3) is 1.88. The number of aromatic nitrogens is 2. The van der Waals surface area contributed by atoms with Gasteiger partial charge in [-0.1, -0.05) is 0 Å². The molecule has 2 aromatic heterocycles. The molecule has 0 aliphatic rings. The molecule has 2 heterocycles. The molecule has 0 atom stereocenters. The molecule has 0 unspecified atom stereocenters. The smallest absolute Gasteiger partial charge is 0.124 e. The van der Waals surface area contributed by atoms with E-state index in [9.17, 15) is 0 Å². The summed E-state index contributed by atoms with van der Waals surface area (Å²) in [6, 6.07) is 7.68. The fraction of sp³-hybridized carbons (Fsp3) is 0. The van der Waals surface area contributed by atoms with Crippen LogP contribution in [0.4, 0.5) is 0 Å². The van der Waals surface area contributed by atoms with E-state index in [4.69, 9.17) is 5.26 Å². The molecule has 4 heteroatoms. The van der Waals surface area contributed by atoms with Crippen molar-refractivity contribution in [1.29, 1.82) is 5.26 Å². The van der Waals surface area contributed by atoms with Crippen molar-refractivity contribution < 1.29 is 0 Å². The summed E-state index contributed by atoms with van der Waals surface area (Å²) in [6.45, 7) is 0. The first-order valence-corrected chi connectivity index (χ1v) is 5.07. The summed E-state index contributed by atoms with van der Waals surface area (Å²) in [7, 11) is 0. The number of hydrogen-bond acceptors (Lipinski definition) is 3. The van der Waals surface area contributed by atoms with Gasteiger partial charge in [-0.2, -0.15) is 5.26 Å². The van der Waals surface area contributed by atoms with Gasteiger partial charge in [0.2, 0.25) is 0 Å². The van der Waals surface area contributed by atoms with Crippen LogP contribution in [-0.4, -0.2) is 9.97 Å². The zero-order chi connectivity index (χ0) is 10.7. The van der Waals surface area contributed by atoms with Crippen molar-refractivity contribution in [3.05, 3.63) is 47.0 Å². The highest BCUT2D eigenvalue weighted by Crippen LogP contribution is 2.26. The van der Waals surface area contributed by atoms with Crippen LogP contribution in [0.3, 0.4) is 0 Å². The van der Waals surface area contributed by atoms with E-state index in [1.165, 1.54) is 0 Å². The van der Waals surface area contributed by atoms with Crippen molar-refractivity contribution in [3.8, 4) is 17.2 Å². The molecule has 0 aliphatic carbocycles. The lowest BCUT2D eigenvalue weighted by molar-refractivity contribution is 1.25. The van der Waals surface area contributed by atoms with Gasteiger partial charge in [0.05, 0.1) is 5.56 Å². The minimum atomic E-state index is 0.545. The number of halogens is 1. The summed E-state index contributed by atoms with van der Waals surface area (Å²) >= 11 is 3.26. The number of nitrogens with zero attached hydrogens (tertiary/aromatic N) is 3. The maximum Gasteiger partial charge on any atom is 0.124 e. The highest BCUT2D eigenvalue weighted by Gasteiger charge is 2.08. The van der Waals surface area contributed by atoms with E-state index in [1.54, 1.807) is 18.6 Å². The summed E-state index contributed by atoms with van der Waals surface area (Å²) in [5.74, 6) is 0. The zero-order valence-corrected chi connectivity index (χ0v) is 9.27. The fourth-order valence-electron chi connectivity index (χ4n) is 1.31. The molecule has 0 fully saturated rings. The van der Waals surface area contributed by atoms with Gasteiger partial charge in [0.1, 0.15) is 10.7 Å². The first kappa shape index (κ1) is 9.81. The van der Waals surface area contributed by atoms with E-state index in [2.05, 4.69) is 32.0 Å². The van der Waals surface area contributed by atoms with Crippen molar-refractivity contribution in [1.82, 2.24) is 9.97 Å². The molecule has 2 aromatic rings. The maximum absolute atomic E-state index is 9.02. The molecule has 72 valence electrons. The molecule has 0 saturated carbocycles. The Morgan fingerprint density at radius 3 is 2.53 bits per heavy atom. The molecule has 0 bridgehead atoms. The Labute approximate surface area is 95.6 Å². The summed E-state index contributed by atoms with van der Waals surface area (Å²) in [5.41, 5.74) is 2.37. The van der Waals surface area contributed by atoms with Gasteiger partial charge in [-0.25, -0.2) is 4.98 Å². The van der Waals surface area contributed by atoms with Crippen LogP contribution < -0.4 is 0 Å². The molecule has 3 nitrogen and oxygen atoms in total. The van der Waals surface area contributed by atoms with Crippen LogP contribution in [0.1, 0.15) is 5.56 Å². The van der Waals surface area contributed by atoms with Gasteiger partial charge in [0, 0.05) is 24.2 Å². The molecule has 0 spiro atoms. The lowest BCUT2D eigenvalue weighted by Gasteiger charge is -2.03. The SMILES string of the molecule is N#Cc1c(-c2ccncc2)ccnc1Br. The van der Waals surface area contributed by atoms with Crippen LogP contribution in [0, 0.1) is 11.3 Å². The van der Waals surface area contributed by atoms with Crippen LogP contribution in [0.2, 0.25) is 0 Å². The van der Waals surface area contributed by atoms with Crippen LogP contribution in [0.15, 0.2) is 41.4 Å². The Kier molecular flexibility index (Phi) is 2.75. The van der Waals surface area contributed by atoms with Gasteiger partial charge in [-0.05, 0) is 39.7 Å². The highest BCUT2D eigenvalue weighted by molar-refractivity contribution is 9.10. The summed E-state index contributed by atoms with van der Waals surface area (Å²) < 4.78 is 0.569. The second-order valence-corrected chi connectivity index (χ2v) is 3.62. The monoisotopic (exact) mass is 259 g/mol.